The van der Waals surface area contributed by atoms with Crippen LogP contribution in [0.4, 0.5) is 0 Å². The van der Waals surface area contributed by atoms with Gasteiger partial charge < -0.3 is 4.74 Å². The largest absolute Gasteiger partial charge is 0.469 e. The van der Waals surface area contributed by atoms with Gasteiger partial charge in [-0.1, -0.05) is 0 Å². The van der Waals surface area contributed by atoms with Crippen molar-refractivity contribution >= 4 is 17.7 Å². The van der Waals surface area contributed by atoms with E-state index in [-0.39, 0.29) is 11.4 Å². The lowest BCUT2D eigenvalue weighted by Crippen LogP contribution is -2.13. The van der Waals surface area contributed by atoms with Gasteiger partial charge in [-0.15, -0.1) is 16.9 Å². The van der Waals surface area contributed by atoms with E-state index >= 15 is 0 Å². The third-order valence-corrected chi connectivity index (χ3v) is 4.25. The van der Waals surface area contributed by atoms with Crippen molar-refractivity contribution in [2.45, 2.75) is 31.2 Å². The van der Waals surface area contributed by atoms with Crippen LogP contribution in [0.2, 0.25) is 0 Å². The molecule has 1 saturated carbocycles. The third-order valence-electron chi connectivity index (χ3n) is 3.00. The first-order chi connectivity index (χ1) is 8.13. The maximum Gasteiger partial charge on any atom is 0.306 e. The zero-order chi connectivity index (χ0) is 12.3. The number of ether oxygens (including phenoxy) is 1. The van der Waals surface area contributed by atoms with E-state index in [1.165, 1.54) is 7.11 Å². The molecule has 0 bridgehead atoms. The fraction of sp³-hybridized carbons (Fsp3) is 0.583. The second-order valence-corrected chi connectivity index (χ2v) is 5.61. The van der Waals surface area contributed by atoms with Gasteiger partial charge in [-0.25, -0.2) is 0 Å². The minimum Gasteiger partial charge on any atom is -0.469 e. The van der Waals surface area contributed by atoms with Crippen molar-refractivity contribution < 1.29 is 9.53 Å². The Balaban J connectivity index is 1.88. The molecule has 0 saturated heterocycles. The molecule has 0 radical (unpaired) electrons. The van der Waals surface area contributed by atoms with Gasteiger partial charge >= 0.3 is 5.97 Å². The number of hydrogen-bond acceptors (Lipinski definition) is 5. The lowest BCUT2D eigenvalue weighted by Gasteiger charge is -2.12. The number of esters is 1. The van der Waals surface area contributed by atoms with Crippen molar-refractivity contribution in [3.8, 4) is 0 Å². The Morgan fingerprint density at radius 1 is 1.59 bits per heavy atom. The average Bonchev–Trinajstić information content (AvgIpc) is 3.07. The number of aryl methyl sites for hydroxylation is 1. The van der Waals surface area contributed by atoms with Gasteiger partial charge in [0.25, 0.3) is 0 Å². The van der Waals surface area contributed by atoms with Gasteiger partial charge in [-0.3, -0.25) is 4.79 Å². The molecule has 0 N–H and O–H groups in total. The number of carbonyl (C=O) groups excluding carboxylic acids is 1. The quantitative estimate of drug-likeness (QED) is 0.594. The van der Waals surface area contributed by atoms with Crippen LogP contribution < -0.4 is 0 Å². The van der Waals surface area contributed by atoms with Crippen LogP contribution in [-0.4, -0.2) is 29.0 Å². The Morgan fingerprint density at radius 2 is 2.35 bits per heavy atom. The van der Waals surface area contributed by atoms with Gasteiger partial charge in [0.2, 0.25) is 0 Å². The van der Waals surface area contributed by atoms with Crippen LogP contribution in [-0.2, 0) is 9.53 Å². The highest BCUT2D eigenvalue weighted by atomic mass is 32.2. The average molecular weight is 252 g/mol. The molecular formula is C12H16N2O2S. The molecule has 17 heavy (non-hydrogen) atoms. The molecule has 0 aromatic carbocycles. The van der Waals surface area contributed by atoms with Gasteiger partial charge in [0, 0.05) is 5.75 Å². The van der Waals surface area contributed by atoms with Crippen molar-refractivity contribution in [3.63, 3.8) is 0 Å². The van der Waals surface area contributed by atoms with E-state index in [0.29, 0.717) is 6.42 Å². The zero-order valence-electron chi connectivity index (χ0n) is 10.1. The molecule has 0 amide bonds. The zero-order valence-corrected chi connectivity index (χ0v) is 10.9. The molecule has 0 unspecified atom stereocenters. The number of methoxy groups -OCH3 is 1. The lowest BCUT2D eigenvalue weighted by molar-refractivity contribution is -0.141. The number of carbonyl (C=O) groups is 1. The van der Waals surface area contributed by atoms with Crippen molar-refractivity contribution in [3.05, 3.63) is 17.8 Å². The van der Waals surface area contributed by atoms with E-state index in [1.54, 1.807) is 18.0 Å². The van der Waals surface area contributed by atoms with Crippen molar-refractivity contribution in [1.29, 1.82) is 0 Å². The molecule has 1 fully saturated rings. The van der Waals surface area contributed by atoms with E-state index in [2.05, 4.69) is 10.2 Å². The van der Waals surface area contributed by atoms with Gasteiger partial charge in [-0.2, -0.15) is 5.10 Å². The Hall–Kier alpha value is -1.10. The van der Waals surface area contributed by atoms with Crippen molar-refractivity contribution in [2.24, 2.45) is 5.41 Å². The standard InChI is InChI=1S/C12H16N2O2S/c1-9-5-10(14-13-7-9)17-8-12(3-4-12)6-11(15)16-2/h5,7H,3-4,6,8H2,1-2H3. The van der Waals surface area contributed by atoms with Crippen LogP contribution in [0.25, 0.3) is 0 Å². The van der Waals surface area contributed by atoms with Gasteiger partial charge in [0.1, 0.15) is 5.03 Å². The summed E-state index contributed by atoms with van der Waals surface area (Å²) in [7, 11) is 1.44. The molecular weight excluding hydrogens is 236 g/mol. The first-order valence-corrected chi connectivity index (χ1v) is 6.61. The maximum atomic E-state index is 11.3. The van der Waals surface area contributed by atoms with Crippen LogP contribution in [0.5, 0.6) is 0 Å². The van der Waals surface area contributed by atoms with Crippen LogP contribution in [0.15, 0.2) is 17.3 Å². The highest BCUT2D eigenvalue weighted by Gasteiger charge is 2.44. The van der Waals surface area contributed by atoms with Crippen molar-refractivity contribution in [2.75, 3.05) is 12.9 Å². The Labute approximate surface area is 105 Å². The normalized spacial score (nSPS) is 16.6. The van der Waals surface area contributed by atoms with Crippen molar-refractivity contribution in [1.82, 2.24) is 10.2 Å². The van der Waals surface area contributed by atoms with E-state index in [0.717, 1.165) is 29.2 Å². The molecule has 0 spiro atoms. The number of rotatable bonds is 5. The van der Waals surface area contributed by atoms with Crippen LogP contribution in [0.3, 0.4) is 0 Å². The molecule has 2 rings (SSSR count). The number of aromatic nitrogens is 2. The fourth-order valence-electron chi connectivity index (χ4n) is 1.66. The molecule has 1 heterocycles. The summed E-state index contributed by atoms with van der Waals surface area (Å²) in [4.78, 5) is 11.3. The van der Waals surface area contributed by atoms with E-state index in [1.807, 2.05) is 13.0 Å². The highest BCUT2D eigenvalue weighted by Crippen LogP contribution is 2.51. The topological polar surface area (TPSA) is 52.1 Å². The smallest absolute Gasteiger partial charge is 0.306 e. The number of nitrogens with zero attached hydrogens (tertiary/aromatic N) is 2. The minimum atomic E-state index is -0.113. The summed E-state index contributed by atoms with van der Waals surface area (Å²) >= 11 is 1.68. The SMILES string of the molecule is COC(=O)CC1(CSc2cc(C)cnn2)CC1. The van der Waals surface area contributed by atoms with Crippen LogP contribution in [0, 0.1) is 12.3 Å². The summed E-state index contributed by atoms with van der Waals surface area (Å²) in [5.74, 6) is 0.804. The maximum absolute atomic E-state index is 11.3. The first-order valence-electron chi connectivity index (χ1n) is 5.62. The molecule has 4 nitrogen and oxygen atoms in total. The predicted octanol–water partition coefficient (Wildman–Crippen LogP) is 2.22. The second-order valence-electron chi connectivity index (χ2n) is 4.61. The molecule has 0 aliphatic heterocycles. The van der Waals surface area contributed by atoms with E-state index < -0.39 is 0 Å². The Kier molecular flexibility index (Phi) is 3.66. The van der Waals surface area contributed by atoms with Crippen LogP contribution in [0.1, 0.15) is 24.8 Å². The summed E-state index contributed by atoms with van der Waals surface area (Å²) in [6, 6.07) is 2.02. The number of hydrogen-bond donors (Lipinski definition) is 0. The third kappa shape index (κ3) is 3.43. The summed E-state index contributed by atoms with van der Waals surface area (Å²) in [6.45, 7) is 2.00. The molecule has 1 aliphatic carbocycles. The van der Waals surface area contributed by atoms with E-state index in [9.17, 15) is 4.79 Å². The predicted molar refractivity (Wildman–Crippen MR) is 65.8 cm³/mol. The molecule has 92 valence electrons. The Morgan fingerprint density at radius 3 is 2.94 bits per heavy atom. The van der Waals surface area contributed by atoms with Gasteiger partial charge in [0.05, 0.1) is 19.7 Å². The number of thioether (sulfide) groups is 1. The monoisotopic (exact) mass is 252 g/mol. The highest BCUT2D eigenvalue weighted by molar-refractivity contribution is 7.99. The summed E-state index contributed by atoms with van der Waals surface area (Å²) in [6.07, 6.45) is 4.48. The fourth-order valence-corrected chi connectivity index (χ4v) is 2.88. The lowest BCUT2D eigenvalue weighted by atomic mass is 10.1. The first kappa shape index (κ1) is 12.4. The van der Waals surface area contributed by atoms with Gasteiger partial charge in [-0.05, 0) is 36.8 Å². The second kappa shape index (κ2) is 5.04. The molecule has 1 aromatic heterocycles. The molecule has 0 atom stereocenters. The molecule has 5 heteroatoms. The Bertz CT molecular complexity index is 419. The van der Waals surface area contributed by atoms with Gasteiger partial charge in [0.15, 0.2) is 0 Å². The summed E-state index contributed by atoms with van der Waals surface area (Å²) in [5.41, 5.74) is 1.25. The molecule has 1 aliphatic rings. The summed E-state index contributed by atoms with van der Waals surface area (Å²) in [5, 5.41) is 8.92. The summed E-state index contributed by atoms with van der Waals surface area (Å²) < 4.78 is 4.72. The van der Waals surface area contributed by atoms with Crippen LogP contribution >= 0.6 is 11.8 Å². The minimum absolute atomic E-state index is 0.113. The van der Waals surface area contributed by atoms with E-state index in [4.69, 9.17) is 4.74 Å². The molecule has 1 aromatic rings.